The van der Waals surface area contributed by atoms with Gasteiger partial charge in [-0.1, -0.05) is 35.0 Å². The highest BCUT2D eigenvalue weighted by molar-refractivity contribution is 6.31. The molecule has 1 aromatic carbocycles. The molecule has 0 spiro atoms. The first-order valence-corrected chi connectivity index (χ1v) is 8.59. The second-order valence-corrected chi connectivity index (χ2v) is 6.58. The van der Waals surface area contributed by atoms with Crippen molar-refractivity contribution in [3.05, 3.63) is 53.1 Å². The molecule has 1 unspecified atom stereocenters. The van der Waals surface area contributed by atoms with Gasteiger partial charge in [0, 0.05) is 30.9 Å². The van der Waals surface area contributed by atoms with E-state index >= 15 is 0 Å². The van der Waals surface area contributed by atoms with Gasteiger partial charge < -0.3 is 9.84 Å². The topological polar surface area (TPSA) is 72.0 Å². The van der Waals surface area contributed by atoms with Crippen LogP contribution in [0.25, 0.3) is 11.5 Å². The summed E-state index contributed by atoms with van der Waals surface area (Å²) in [6, 6.07) is 7.87. The van der Waals surface area contributed by atoms with Gasteiger partial charge in [0.05, 0.1) is 24.3 Å². The Balaban J connectivity index is 0.00000196. The number of nitrogens with one attached hydrogen (secondary N) is 1. The molecule has 4 rings (SSSR count). The maximum absolute atomic E-state index is 6.21. The molecular weight excluding hydrogens is 375 g/mol. The summed E-state index contributed by atoms with van der Waals surface area (Å²) in [7, 11) is 2.07. The van der Waals surface area contributed by atoms with Gasteiger partial charge in [0.15, 0.2) is 5.82 Å². The number of halogens is 2. The maximum Gasteiger partial charge on any atom is 0.261 e. The summed E-state index contributed by atoms with van der Waals surface area (Å²) in [4.78, 5) is 6.78. The number of piperazine rings is 1. The molecule has 0 saturated carbocycles. The van der Waals surface area contributed by atoms with E-state index < -0.39 is 0 Å². The van der Waals surface area contributed by atoms with E-state index in [1.165, 1.54) is 0 Å². The van der Waals surface area contributed by atoms with Crippen molar-refractivity contribution in [2.45, 2.75) is 12.6 Å². The third-order valence-corrected chi connectivity index (χ3v) is 4.79. The van der Waals surface area contributed by atoms with Crippen LogP contribution in [0.2, 0.25) is 5.02 Å². The molecule has 2 aromatic heterocycles. The Labute approximate surface area is 162 Å². The Morgan fingerprint density at radius 1 is 1.35 bits per heavy atom. The SMILES string of the molecule is CN1CCNCC1c1noc(-c2cnn(Cc3ccccc3Cl)c2)n1.Cl. The van der Waals surface area contributed by atoms with E-state index in [1.54, 1.807) is 6.20 Å². The van der Waals surface area contributed by atoms with Gasteiger partial charge in [0.1, 0.15) is 0 Å². The molecule has 3 heterocycles. The van der Waals surface area contributed by atoms with Gasteiger partial charge in [-0.2, -0.15) is 10.1 Å². The Morgan fingerprint density at radius 2 is 2.19 bits per heavy atom. The normalized spacial score (nSPS) is 17.8. The number of aromatic nitrogens is 4. The summed E-state index contributed by atoms with van der Waals surface area (Å²) in [6.07, 6.45) is 3.63. The lowest BCUT2D eigenvalue weighted by atomic mass is 10.2. The Morgan fingerprint density at radius 3 is 3.00 bits per heavy atom. The minimum absolute atomic E-state index is 0. The summed E-state index contributed by atoms with van der Waals surface area (Å²) in [6.45, 7) is 3.36. The zero-order chi connectivity index (χ0) is 17.2. The monoisotopic (exact) mass is 394 g/mol. The fourth-order valence-electron chi connectivity index (χ4n) is 2.94. The van der Waals surface area contributed by atoms with Crippen LogP contribution in [0.3, 0.4) is 0 Å². The van der Waals surface area contributed by atoms with Crippen LogP contribution < -0.4 is 5.32 Å². The van der Waals surface area contributed by atoms with Gasteiger partial charge in [-0.3, -0.25) is 9.58 Å². The maximum atomic E-state index is 6.21. The molecule has 0 aliphatic carbocycles. The highest BCUT2D eigenvalue weighted by atomic mass is 35.5. The average molecular weight is 395 g/mol. The van der Waals surface area contributed by atoms with Crippen molar-refractivity contribution in [2.24, 2.45) is 0 Å². The van der Waals surface area contributed by atoms with Crippen molar-refractivity contribution in [2.75, 3.05) is 26.7 Å². The fraction of sp³-hybridized carbons (Fsp3) is 0.353. The smallest absolute Gasteiger partial charge is 0.261 e. The van der Waals surface area contributed by atoms with Crippen molar-refractivity contribution < 1.29 is 4.52 Å². The molecule has 1 aliphatic rings. The van der Waals surface area contributed by atoms with E-state index in [2.05, 4.69) is 32.5 Å². The molecule has 1 aliphatic heterocycles. The number of rotatable bonds is 4. The van der Waals surface area contributed by atoms with Crippen LogP contribution in [0.4, 0.5) is 0 Å². The molecular formula is C17H20Cl2N6O. The van der Waals surface area contributed by atoms with Gasteiger partial charge in [-0.05, 0) is 18.7 Å². The molecule has 3 aromatic rings. The molecule has 1 saturated heterocycles. The van der Waals surface area contributed by atoms with Crippen LogP contribution in [-0.4, -0.2) is 51.5 Å². The molecule has 1 fully saturated rings. The van der Waals surface area contributed by atoms with Gasteiger partial charge in [0.25, 0.3) is 5.89 Å². The summed E-state index contributed by atoms with van der Waals surface area (Å²) in [5, 5.41) is 12.6. The number of likely N-dealkylation sites (N-methyl/N-ethyl adjacent to an activating group) is 1. The van der Waals surface area contributed by atoms with Crippen LogP contribution in [0.15, 0.2) is 41.2 Å². The molecule has 1 atom stereocenters. The van der Waals surface area contributed by atoms with Crippen LogP contribution in [-0.2, 0) is 6.54 Å². The van der Waals surface area contributed by atoms with E-state index in [9.17, 15) is 0 Å². The molecule has 26 heavy (non-hydrogen) atoms. The van der Waals surface area contributed by atoms with Gasteiger partial charge >= 0.3 is 0 Å². The Kier molecular flexibility index (Phi) is 5.93. The van der Waals surface area contributed by atoms with Crippen molar-refractivity contribution in [3.63, 3.8) is 0 Å². The average Bonchev–Trinajstić information content (AvgIpc) is 3.27. The summed E-state index contributed by atoms with van der Waals surface area (Å²) in [5.74, 6) is 1.18. The van der Waals surface area contributed by atoms with Crippen molar-refractivity contribution in [1.82, 2.24) is 30.1 Å². The third kappa shape index (κ3) is 3.91. The van der Waals surface area contributed by atoms with Crippen molar-refractivity contribution in [1.29, 1.82) is 0 Å². The minimum atomic E-state index is 0. The van der Waals surface area contributed by atoms with Gasteiger partial charge in [-0.15, -0.1) is 12.4 Å². The molecule has 0 bridgehead atoms. The number of nitrogens with zero attached hydrogens (tertiary/aromatic N) is 5. The first-order valence-electron chi connectivity index (χ1n) is 8.21. The Hall–Kier alpha value is -1.93. The van der Waals surface area contributed by atoms with Crippen molar-refractivity contribution >= 4 is 24.0 Å². The minimum Gasteiger partial charge on any atom is -0.334 e. The number of hydrogen-bond donors (Lipinski definition) is 1. The standard InChI is InChI=1S/C17H19ClN6O.ClH/c1-23-7-6-19-9-15(23)16-21-17(25-22-16)13-8-20-24(11-13)10-12-4-2-3-5-14(12)18;/h2-5,8,11,15,19H,6-7,9-10H2,1H3;1H. The predicted octanol–water partition coefficient (Wildman–Crippen LogP) is 2.63. The van der Waals surface area contributed by atoms with E-state index in [0.717, 1.165) is 35.8 Å². The summed E-state index contributed by atoms with van der Waals surface area (Å²) >= 11 is 6.21. The molecule has 1 N–H and O–H groups in total. The molecule has 0 amide bonds. The van der Waals surface area contributed by atoms with E-state index in [1.807, 2.05) is 35.1 Å². The van der Waals surface area contributed by atoms with Crippen LogP contribution in [0.1, 0.15) is 17.4 Å². The van der Waals surface area contributed by atoms with E-state index in [-0.39, 0.29) is 18.4 Å². The second kappa shape index (κ2) is 8.18. The lowest BCUT2D eigenvalue weighted by Crippen LogP contribution is -2.44. The highest BCUT2D eigenvalue weighted by Crippen LogP contribution is 2.23. The zero-order valence-electron chi connectivity index (χ0n) is 14.3. The molecule has 7 nitrogen and oxygen atoms in total. The summed E-state index contributed by atoms with van der Waals surface area (Å²) < 4.78 is 7.26. The van der Waals surface area contributed by atoms with Gasteiger partial charge in [-0.25, -0.2) is 0 Å². The number of hydrogen-bond acceptors (Lipinski definition) is 6. The molecule has 9 heteroatoms. The fourth-order valence-corrected chi connectivity index (χ4v) is 3.14. The van der Waals surface area contributed by atoms with E-state index in [0.29, 0.717) is 18.3 Å². The van der Waals surface area contributed by atoms with Gasteiger partial charge in [0.2, 0.25) is 0 Å². The second-order valence-electron chi connectivity index (χ2n) is 6.18. The predicted molar refractivity (Wildman–Crippen MR) is 102 cm³/mol. The summed E-state index contributed by atoms with van der Waals surface area (Å²) in [5.41, 5.74) is 1.82. The molecule has 138 valence electrons. The third-order valence-electron chi connectivity index (χ3n) is 4.42. The van der Waals surface area contributed by atoms with Crippen LogP contribution >= 0.6 is 24.0 Å². The van der Waals surface area contributed by atoms with Crippen molar-refractivity contribution in [3.8, 4) is 11.5 Å². The highest BCUT2D eigenvalue weighted by Gasteiger charge is 2.25. The first-order chi connectivity index (χ1) is 12.2. The number of benzene rings is 1. The first kappa shape index (κ1) is 18.8. The van der Waals surface area contributed by atoms with Crippen LogP contribution in [0, 0.1) is 0 Å². The van der Waals surface area contributed by atoms with E-state index in [4.69, 9.17) is 16.1 Å². The van der Waals surface area contributed by atoms with Crippen LogP contribution in [0.5, 0.6) is 0 Å². The largest absolute Gasteiger partial charge is 0.334 e. The Bertz CT molecular complexity index is 864. The lowest BCUT2D eigenvalue weighted by molar-refractivity contribution is 0.190. The zero-order valence-corrected chi connectivity index (χ0v) is 15.9. The quantitative estimate of drug-likeness (QED) is 0.733. The lowest BCUT2D eigenvalue weighted by Gasteiger charge is -2.30. The molecule has 0 radical (unpaired) electrons.